The van der Waals surface area contributed by atoms with E-state index in [9.17, 15) is 9.90 Å². The number of aryl methyl sites for hydroxylation is 1. The summed E-state index contributed by atoms with van der Waals surface area (Å²) in [4.78, 5) is 22.9. The van der Waals surface area contributed by atoms with Crippen molar-refractivity contribution < 1.29 is 19.4 Å². The van der Waals surface area contributed by atoms with Gasteiger partial charge in [0.1, 0.15) is 21.9 Å². The number of hydrogen-bond donors (Lipinski definition) is 1. The molecule has 8 heteroatoms. The largest absolute Gasteiger partial charge is 0.477 e. The molecule has 1 N–H and O–H groups in total. The van der Waals surface area contributed by atoms with Gasteiger partial charge in [0.2, 0.25) is 0 Å². The second-order valence-electron chi connectivity index (χ2n) is 4.71. The van der Waals surface area contributed by atoms with Gasteiger partial charge in [-0.2, -0.15) is 0 Å². The van der Waals surface area contributed by atoms with Gasteiger partial charge in [-0.25, -0.2) is 14.8 Å². The van der Waals surface area contributed by atoms with E-state index in [-0.39, 0.29) is 0 Å². The van der Waals surface area contributed by atoms with Gasteiger partial charge < -0.3 is 19.5 Å². The second-order valence-corrected chi connectivity index (χ2v) is 5.71. The van der Waals surface area contributed by atoms with Crippen molar-refractivity contribution in [2.24, 2.45) is 0 Å². The maximum Gasteiger partial charge on any atom is 0.346 e. The summed E-state index contributed by atoms with van der Waals surface area (Å²) in [5, 5.41) is 10.1. The Morgan fingerprint density at radius 1 is 1.27 bits per heavy atom. The SMILES string of the molecule is COCCN(CCOC)c1ncnc2sc(C(=O)O)c(C)c12. The summed E-state index contributed by atoms with van der Waals surface area (Å²) in [5.41, 5.74) is 0.697. The number of nitrogens with zero attached hydrogens (tertiary/aromatic N) is 3. The molecule has 22 heavy (non-hydrogen) atoms. The minimum absolute atomic E-state index is 0.301. The highest BCUT2D eigenvalue weighted by atomic mass is 32.1. The van der Waals surface area contributed by atoms with Gasteiger partial charge in [0.25, 0.3) is 0 Å². The Kier molecular flexibility index (Phi) is 5.64. The quantitative estimate of drug-likeness (QED) is 0.792. The predicted molar refractivity (Wildman–Crippen MR) is 85.1 cm³/mol. The Balaban J connectivity index is 2.48. The van der Waals surface area contributed by atoms with E-state index in [4.69, 9.17) is 9.47 Å². The van der Waals surface area contributed by atoms with Crippen molar-refractivity contribution in [1.29, 1.82) is 0 Å². The van der Waals surface area contributed by atoms with Gasteiger partial charge in [0, 0.05) is 27.3 Å². The molecule has 120 valence electrons. The van der Waals surface area contributed by atoms with Crippen LogP contribution in [0.1, 0.15) is 15.2 Å². The van der Waals surface area contributed by atoms with Crippen LogP contribution in [0.25, 0.3) is 10.2 Å². The molecule has 0 bridgehead atoms. The first-order chi connectivity index (χ1) is 10.6. The minimum Gasteiger partial charge on any atom is -0.477 e. The molecule has 2 aromatic heterocycles. The van der Waals surface area contributed by atoms with Crippen molar-refractivity contribution in [2.75, 3.05) is 45.4 Å². The molecule has 0 fully saturated rings. The van der Waals surface area contributed by atoms with Crippen molar-refractivity contribution >= 4 is 33.3 Å². The molecule has 0 aliphatic rings. The van der Waals surface area contributed by atoms with Crippen LogP contribution in [0.2, 0.25) is 0 Å². The molecule has 2 aromatic rings. The molecule has 0 aromatic carbocycles. The number of aromatic nitrogens is 2. The van der Waals surface area contributed by atoms with E-state index in [1.807, 2.05) is 4.90 Å². The Hall–Kier alpha value is -1.77. The molecule has 2 rings (SSSR count). The van der Waals surface area contributed by atoms with Gasteiger partial charge in [0.15, 0.2) is 0 Å². The summed E-state index contributed by atoms with van der Waals surface area (Å²) in [6.07, 6.45) is 1.46. The van der Waals surface area contributed by atoms with Gasteiger partial charge in [-0.1, -0.05) is 0 Å². The van der Waals surface area contributed by atoms with Crippen molar-refractivity contribution in [3.05, 3.63) is 16.8 Å². The highest BCUT2D eigenvalue weighted by Gasteiger charge is 2.21. The molecule has 0 radical (unpaired) electrons. The summed E-state index contributed by atoms with van der Waals surface area (Å²) in [5.74, 6) is -0.216. The number of anilines is 1. The number of thiophene rings is 1. The number of methoxy groups -OCH3 is 2. The first kappa shape index (κ1) is 16.6. The van der Waals surface area contributed by atoms with Crippen LogP contribution in [-0.4, -0.2) is 61.6 Å². The van der Waals surface area contributed by atoms with Crippen LogP contribution in [0.15, 0.2) is 6.33 Å². The maximum absolute atomic E-state index is 11.3. The summed E-state index contributed by atoms with van der Waals surface area (Å²) in [6, 6.07) is 0. The van der Waals surface area contributed by atoms with Gasteiger partial charge in [-0.15, -0.1) is 11.3 Å². The average Bonchev–Trinajstić information content (AvgIpc) is 2.85. The number of carboxylic acid groups (broad SMARTS) is 1. The third-order valence-corrected chi connectivity index (χ3v) is 4.52. The lowest BCUT2D eigenvalue weighted by Crippen LogP contribution is -2.31. The maximum atomic E-state index is 11.3. The standard InChI is InChI=1S/C14H19N3O4S/c1-9-10-12(17(4-6-20-2)5-7-21-3)15-8-16-13(10)22-11(9)14(18)19/h8H,4-7H2,1-3H3,(H,18,19). The van der Waals surface area contributed by atoms with Crippen molar-refractivity contribution in [1.82, 2.24) is 9.97 Å². The Morgan fingerprint density at radius 2 is 1.91 bits per heavy atom. The van der Waals surface area contributed by atoms with Crippen molar-refractivity contribution in [3.8, 4) is 0 Å². The smallest absolute Gasteiger partial charge is 0.346 e. The normalized spacial score (nSPS) is 11.0. The predicted octanol–water partition coefficient (Wildman–Crippen LogP) is 1.80. The number of carbonyl (C=O) groups is 1. The highest BCUT2D eigenvalue weighted by molar-refractivity contribution is 7.20. The van der Waals surface area contributed by atoms with E-state index in [0.717, 1.165) is 11.2 Å². The second kappa shape index (κ2) is 7.48. The van der Waals surface area contributed by atoms with Crippen LogP contribution < -0.4 is 4.90 Å². The number of hydrogen-bond acceptors (Lipinski definition) is 7. The Morgan fingerprint density at radius 3 is 2.45 bits per heavy atom. The lowest BCUT2D eigenvalue weighted by atomic mass is 10.2. The molecule has 7 nitrogen and oxygen atoms in total. The molecule has 0 aliphatic heterocycles. The highest BCUT2D eigenvalue weighted by Crippen LogP contribution is 2.34. The zero-order chi connectivity index (χ0) is 16.1. The first-order valence-corrected chi connectivity index (χ1v) is 7.62. The fourth-order valence-corrected chi connectivity index (χ4v) is 3.21. The van der Waals surface area contributed by atoms with Crippen LogP contribution in [0.5, 0.6) is 0 Å². The Bertz CT molecular complexity index is 651. The fraction of sp³-hybridized carbons (Fsp3) is 0.500. The van der Waals surface area contributed by atoms with Crippen molar-refractivity contribution in [3.63, 3.8) is 0 Å². The summed E-state index contributed by atoms with van der Waals surface area (Å²) in [7, 11) is 3.28. The van der Waals surface area contributed by atoms with E-state index in [1.165, 1.54) is 17.7 Å². The van der Waals surface area contributed by atoms with Crippen LogP contribution in [0.4, 0.5) is 5.82 Å². The molecular formula is C14H19N3O4S. The molecule has 0 saturated heterocycles. The fourth-order valence-electron chi connectivity index (χ4n) is 2.22. The minimum atomic E-state index is -0.938. The Labute approximate surface area is 132 Å². The first-order valence-electron chi connectivity index (χ1n) is 6.80. The van der Waals surface area contributed by atoms with E-state index < -0.39 is 5.97 Å². The summed E-state index contributed by atoms with van der Waals surface area (Å²) < 4.78 is 10.3. The van der Waals surface area contributed by atoms with E-state index in [0.29, 0.717) is 41.6 Å². The van der Waals surface area contributed by atoms with Gasteiger partial charge in [0.05, 0.1) is 18.6 Å². The van der Waals surface area contributed by atoms with E-state index >= 15 is 0 Å². The third kappa shape index (κ3) is 3.34. The molecule has 0 saturated carbocycles. The lowest BCUT2D eigenvalue weighted by Gasteiger charge is -2.23. The lowest BCUT2D eigenvalue weighted by molar-refractivity contribution is 0.0701. The summed E-state index contributed by atoms with van der Waals surface area (Å²) >= 11 is 1.17. The number of ether oxygens (including phenoxy) is 2. The van der Waals surface area contributed by atoms with Crippen molar-refractivity contribution in [2.45, 2.75) is 6.92 Å². The number of aromatic carboxylic acids is 1. The van der Waals surface area contributed by atoms with Gasteiger partial charge in [-0.3, -0.25) is 0 Å². The molecule has 2 heterocycles. The van der Waals surface area contributed by atoms with Crippen LogP contribution in [-0.2, 0) is 9.47 Å². The van der Waals surface area contributed by atoms with Crippen LogP contribution in [0.3, 0.4) is 0 Å². The number of rotatable bonds is 8. The summed E-state index contributed by atoms with van der Waals surface area (Å²) in [6.45, 7) is 4.17. The van der Waals surface area contributed by atoms with E-state index in [2.05, 4.69) is 9.97 Å². The third-order valence-electron chi connectivity index (χ3n) is 3.33. The van der Waals surface area contributed by atoms with E-state index in [1.54, 1.807) is 21.1 Å². The molecule has 0 atom stereocenters. The zero-order valence-corrected chi connectivity index (χ0v) is 13.6. The van der Waals surface area contributed by atoms with Crippen LogP contribution >= 0.6 is 11.3 Å². The van der Waals surface area contributed by atoms with Gasteiger partial charge >= 0.3 is 5.97 Å². The molecule has 0 aliphatic carbocycles. The molecule has 0 amide bonds. The number of fused-ring (bicyclic) bond motifs is 1. The monoisotopic (exact) mass is 325 g/mol. The zero-order valence-electron chi connectivity index (χ0n) is 12.8. The van der Waals surface area contributed by atoms with Crippen LogP contribution in [0, 0.1) is 6.92 Å². The molecule has 0 unspecified atom stereocenters. The van der Waals surface area contributed by atoms with Gasteiger partial charge in [-0.05, 0) is 12.5 Å². The molecular weight excluding hydrogens is 306 g/mol. The molecule has 0 spiro atoms. The average molecular weight is 325 g/mol. The number of carboxylic acids is 1. The topological polar surface area (TPSA) is 84.8 Å².